The summed E-state index contributed by atoms with van der Waals surface area (Å²) >= 11 is 6.62. The van der Waals surface area contributed by atoms with E-state index in [1.807, 2.05) is 0 Å². The maximum absolute atomic E-state index is 12.8. The number of hydrogen-bond donors (Lipinski definition) is 1. The number of amides is 1. The molecule has 1 saturated heterocycles. The molecule has 1 aliphatic heterocycles. The molecule has 2 aromatic carbocycles. The second kappa shape index (κ2) is 8.90. The van der Waals surface area contributed by atoms with Gasteiger partial charge in [0.1, 0.15) is 11.5 Å². The molecule has 3 rings (SSSR count). The van der Waals surface area contributed by atoms with Crippen molar-refractivity contribution in [1.29, 1.82) is 0 Å². The van der Waals surface area contributed by atoms with Gasteiger partial charge in [-0.2, -0.15) is 0 Å². The average molecular weight is 415 g/mol. The molecule has 144 valence electrons. The first kappa shape index (κ1) is 19.9. The third kappa shape index (κ3) is 4.71. The number of carbonyl (C=O) groups excluding carboxylic acids is 1. The number of carbonyl (C=O) groups is 2. The predicted molar refractivity (Wildman–Crippen MR) is 113 cm³/mol. The molecular formula is C20H17NO5S2. The van der Waals surface area contributed by atoms with Crippen molar-refractivity contribution in [2.24, 2.45) is 0 Å². The summed E-state index contributed by atoms with van der Waals surface area (Å²) in [5.41, 5.74) is 1.48. The zero-order valence-corrected chi connectivity index (χ0v) is 16.6. The second-order valence-electron chi connectivity index (χ2n) is 5.78. The number of carboxylic acid groups (broad SMARTS) is 1. The third-order valence-corrected chi connectivity index (χ3v) is 5.17. The number of hydrogen-bond acceptors (Lipinski definition) is 6. The quantitative estimate of drug-likeness (QED) is 0.542. The van der Waals surface area contributed by atoms with E-state index in [2.05, 4.69) is 0 Å². The molecule has 6 nitrogen and oxygen atoms in total. The number of thioether (sulfide) groups is 1. The number of methoxy groups -OCH3 is 1. The molecule has 1 amide bonds. The Hall–Kier alpha value is -2.84. The van der Waals surface area contributed by atoms with Crippen molar-refractivity contribution < 1.29 is 24.2 Å². The highest BCUT2D eigenvalue weighted by Gasteiger charge is 2.33. The minimum atomic E-state index is -0.908. The number of anilines is 1. The molecule has 0 atom stereocenters. The summed E-state index contributed by atoms with van der Waals surface area (Å²) in [6.07, 6.45) is 1.70. The Morgan fingerprint density at radius 3 is 2.64 bits per heavy atom. The Balaban J connectivity index is 1.73. The smallest absolute Gasteiger partial charge is 0.306 e. The van der Waals surface area contributed by atoms with Gasteiger partial charge in [0.25, 0.3) is 5.91 Å². The Morgan fingerprint density at radius 2 is 1.96 bits per heavy atom. The summed E-state index contributed by atoms with van der Waals surface area (Å²) < 4.78 is 11.0. The molecule has 0 aliphatic carbocycles. The molecule has 8 heteroatoms. The lowest BCUT2D eigenvalue weighted by Gasteiger charge is -2.15. The summed E-state index contributed by atoms with van der Waals surface area (Å²) in [6, 6.07) is 14.2. The standard InChI is InChI=1S/C20H17NO5S2/c1-25-16-4-2-3-14(12-16)21-19(24)17(28-20(21)27)11-13-5-7-15(8-6-13)26-10-9-18(22)23/h2-8,11-12H,9-10H2,1H3,(H,22,23)/b17-11+. The lowest BCUT2D eigenvalue weighted by molar-refractivity contribution is -0.137. The molecule has 0 spiro atoms. The number of rotatable bonds is 7. The molecule has 1 N–H and O–H groups in total. The molecule has 0 saturated carbocycles. The van der Waals surface area contributed by atoms with Gasteiger partial charge in [0.05, 0.1) is 30.7 Å². The molecule has 0 unspecified atom stereocenters. The fraction of sp³-hybridized carbons (Fsp3) is 0.150. The van der Waals surface area contributed by atoms with Crippen LogP contribution in [0.1, 0.15) is 12.0 Å². The lowest BCUT2D eigenvalue weighted by Crippen LogP contribution is -2.27. The summed E-state index contributed by atoms with van der Waals surface area (Å²) in [5.74, 6) is 0.121. The molecule has 0 aromatic heterocycles. The van der Waals surface area contributed by atoms with E-state index >= 15 is 0 Å². The predicted octanol–water partition coefficient (Wildman–Crippen LogP) is 3.95. The highest BCUT2D eigenvalue weighted by atomic mass is 32.2. The van der Waals surface area contributed by atoms with E-state index in [1.54, 1.807) is 61.7 Å². The van der Waals surface area contributed by atoms with Gasteiger partial charge in [-0.1, -0.05) is 42.2 Å². The van der Waals surface area contributed by atoms with E-state index in [0.717, 1.165) is 5.56 Å². The summed E-state index contributed by atoms with van der Waals surface area (Å²) in [5, 5.41) is 8.63. The van der Waals surface area contributed by atoms with Crippen molar-refractivity contribution in [1.82, 2.24) is 0 Å². The van der Waals surface area contributed by atoms with Crippen molar-refractivity contribution in [3.05, 3.63) is 59.0 Å². The minimum absolute atomic E-state index is 0.0610. The van der Waals surface area contributed by atoms with E-state index in [9.17, 15) is 9.59 Å². The van der Waals surface area contributed by atoms with Crippen LogP contribution in [0.25, 0.3) is 6.08 Å². The van der Waals surface area contributed by atoms with E-state index < -0.39 is 5.97 Å². The fourth-order valence-corrected chi connectivity index (χ4v) is 3.81. The van der Waals surface area contributed by atoms with Gasteiger partial charge in [-0.3, -0.25) is 14.5 Å². The summed E-state index contributed by atoms with van der Waals surface area (Å²) in [4.78, 5) is 25.3. The minimum Gasteiger partial charge on any atom is -0.497 e. The SMILES string of the molecule is COc1cccc(N2C(=O)/C(=C\c3ccc(OCCC(=O)O)cc3)SC2=S)c1. The highest BCUT2D eigenvalue weighted by Crippen LogP contribution is 2.37. The van der Waals surface area contributed by atoms with Crippen LogP contribution in [0.4, 0.5) is 5.69 Å². The molecular weight excluding hydrogens is 398 g/mol. The molecule has 0 radical (unpaired) electrons. The van der Waals surface area contributed by atoms with Gasteiger partial charge in [0.2, 0.25) is 0 Å². The van der Waals surface area contributed by atoms with Crippen LogP contribution in [0.2, 0.25) is 0 Å². The van der Waals surface area contributed by atoms with Gasteiger partial charge in [-0.15, -0.1) is 0 Å². The van der Waals surface area contributed by atoms with Crippen molar-refractivity contribution in [2.75, 3.05) is 18.6 Å². The van der Waals surface area contributed by atoms with Crippen LogP contribution in [0.5, 0.6) is 11.5 Å². The summed E-state index contributed by atoms with van der Waals surface area (Å²) in [6.45, 7) is 0.105. The van der Waals surface area contributed by atoms with Crippen LogP contribution in [0.15, 0.2) is 53.4 Å². The van der Waals surface area contributed by atoms with Crippen LogP contribution >= 0.6 is 24.0 Å². The Kier molecular flexibility index (Phi) is 6.33. The highest BCUT2D eigenvalue weighted by molar-refractivity contribution is 8.27. The van der Waals surface area contributed by atoms with E-state index in [4.69, 9.17) is 26.8 Å². The lowest BCUT2D eigenvalue weighted by atomic mass is 10.2. The first-order valence-corrected chi connectivity index (χ1v) is 9.57. The van der Waals surface area contributed by atoms with Crippen LogP contribution in [-0.2, 0) is 9.59 Å². The van der Waals surface area contributed by atoms with Gasteiger partial charge in [-0.25, -0.2) is 0 Å². The van der Waals surface area contributed by atoms with Crippen LogP contribution in [-0.4, -0.2) is 35.0 Å². The van der Waals surface area contributed by atoms with Gasteiger partial charge in [-0.05, 0) is 35.9 Å². The van der Waals surface area contributed by atoms with Gasteiger partial charge >= 0.3 is 5.97 Å². The van der Waals surface area contributed by atoms with Crippen LogP contribution in [0, 0.1) is 0 Å². The number of nitrogens with zero attached hydrogens (tertiary/aromatic N) is 1. The Labute approximate surface area is 171 Å². The molecule has 2 aromatic rings. The van der Waals surface area contributed by atoms with Gasteiger partial charge in [0.15, 0.2) is 4.32 Å². The number of thiocarbonyl (C=S) groups is 1. The molecule has 0 bridgehead atoms. The third-order valence-electron chi connectivity index (χ3n) is 3.87. The van der Waals surface area contributed by atoms with Crippen molar-refractivity contribution in [2.45, 2.75) is 6.42 Å². The van der Waals surface area contributed by atoms with Crippen molar-refractivity contribution in [3.8, 4) is 11.5 Å². The number of aliphatic carboxylic acids is 1. The average Bonchev–Trinajstić information content (AvgIpc) is 2.96. The van der Waals surface area contributed by atoms with E-state index in [-0.39, 0.29) is 18.9 Å². The molecule has 1 fully saturated rings. The fourth-order valence-electron chi connectivity index (χ4n) is 2.51. The topological polar surface area (TPSA) is 76.1 Å². The number of benzene rings is 2. The zero-order valence-electron chi connectivity index (χ0n) is 15.0. The number of carboxylic acids is 1. The van der Waals surface area contributed by atoms with Gasteiger partial charge in [0, 0.05) is 6.07 Å². The largest absolute Gasteiger partial charge is 0.497 e. The van der Waals surface area contributed by atoms with Crippen LogP contribution < -0.4 is 14.4 Å². The van der Waals surface area contributed by atoms with E-state index in [1.165, 1.54) is 16.7 Å². The maximum Gasteiger partial charge on any atom is 0.306 e. The molecule has 1 heterocycles. The number of ether oxygens (including phenoxy) is 2. The first-order chi connectivity index (χ1) is 13.5. The maximum atomic E-state index is 12.8. The summed E-state index contributed by atoms with van der Waals surface area (Å²) in [7, 11) is 1.57. The Bertz CT molecular complexity index is 940. The normalized spacial score (nSPS) is 15.2. The zero-order chi connectivity index (χ0) is 20.1. The van der Waals surface area contributed by atoms with Crippen LogP contribution in [0.3, 0.4) is 0 Å². The van der Waals surface area contributed by atoms with E-state index in [0.29, 0.717) is 26.4 Å². The second-order valence-corrected chi connectivity index (χ2v) is 7.46. The van der Waals surface area contributed by atoms with Gasteiger partial charge < -0.3 is 14.6 Å². The first-order valence-electron chi connectivity index (χ1n) is 8.34. The van der Waals surface area contributed by atoms with Crippen molar-refractivity contribution >= 4 is 51.9 Å². The molecule has 1 aliphatic rings. The van der Waals surface area contributed by atoms with Crippen molar-refractivity contribution in [3.63, 3.8) is 0 Å². The molecule has 28 heavy (non-hydrogen) atoms. The Morgan fingerprint density at radius 1 is 1.21 bits per heavy atom. The monoisotopic (exact) mass is 415 g/mol.